The first kappa shape index (κ1) is 14.1. The Kier molecular flexibility index (Phi) is 3.90. The van der Waals surface area contributed by atoms with E-state index in [-0.39, 0.29) is 23.9 Å². The zero-order valence-electron chi connectivity index (χ0n) is 10.9. The maximum atomic E-state index is 6.36. The molecule has 2 nitrogen and oxygen atoms in total. The number of hydrogen-bond donors (Lipinski definition) is 2. The summed E-state index contributed by atoms with van der Waals surface area (Å²) in [6, 6.07) is 8.41. The second-order valence-electron chi connectivity index (χ2n) is 5.55. The number of fused-ring (bicyclic) bond motifs is 1. The minimum atomic E-state index is 0. The molecule has 0 spiro atoms. The first-order chi connectivity index (χ1) is 7.41. The monoisotopic (exact) mass is 252 g/mol. The molecular formula is C14H21ClN2. The van der Waals surface area contributed by atoms with Gasteiger partial charge in [0, 0.05) is 22.6 Å². The Morgan fingerprint density at radius 3 is 2.35 bits per heavy atom. The molecule has 0 aliphatic rings. The van der Waals surface area contributed by atoms with Gasteiger partial charge in [-0.05, 0) is 24.0 Å². The molecule has 0 bridgehead atoms. The van der Waals surface area contributed by atoms with Gasteiger partial charge in [0.05, 0.1) is 0 Å². The molecule has 0 saturated carbocycles. The van der Waals surface area contributed by atoms with Crippen LogP contribution in [-0.2, 0) is 0 Å². The number of aromatic amines is 1. The highest BCUT2D eigenvalue weighted by Crippen LogP contribution is 2.36. The molecule has 94 valence electrons. The lowest BCUT2D eigenvalue weighted by Crippen LogP contribution is -2.26. The van der Waals surface area contributed by atoms with Crippen LogP contribution in [0.1, 0.15) is 38.1 Å². The molecule has 0 aliphatic heterocycles. The molecule has 0 amide bonds. The summed E-state index contributed by atoms with van der Waals surface area (Å²) >= 11 is 0. The van der Waals surface area contributed by atoms with Crippen LogP contribution in [0.3, 0.4) is 0 Å². The molecule has 0 aliphatic carbocycles. The zero-order chi connectivity index (χ0) is 11.9. The fraction of sp³-hybridized carbons (Fsp3) is 0.429. The van der Waals surface area contributed by atoms with Crippen molar-refractivity contribution >= 4 is 23.3 Å². The Morgan fingerprint density at radius 2 is 1.76 bits per heavy atom. The maximum absolute atomic E-state index is 6.36. The number of aromatic nitrogens is 1. The first-order valence-electron chi connectivity index (χ1n) is 5.74. The number of aryl methyl sites for hydroxylation is 1. The first-order valence-corrected chi connectivity index (χ1v) is 5.74. The highest BCUT2D eigenvalue weighted by Gasteiger charge is 2.26. The topological polar surface area (TPSA) is 41.8 Å². The summed E-state index contributed by atoms with van der Waals surface area (Å²) in [6.07, 6.45) is 0. The van der Waals surface area contributed by atoms with Crippen molar-refractivity contribution in [1.82, 2.24) is 4.98 Å². The smallest absolute Gasteiger partial charge is 0.0459 e. The van der Waals surface area contributed by atoms with Crippen molar-refractivity contribution in [2.75, 3.05) is 0 Å². The van der Waals surface area contributed by atoms with Crippen molar-refractivity contribution in [2.24, 2.45) is 11.1 Å². The standard InChI is InChI=1S/C14H20N2.ClH/c1-9-12(13(15)14(2,3)4)10-7-5-6-8-11(10)16-9;/h5-8,13,16H,15H2,1-4H3;1H/t13-;/m0./s1. The van der Waals surface area contributed by atoms with Crippen LogP contribution < -0.4 is 5.73 Å². The van der Waals surface area contributed by atoms with Gasteiger partial charge in [0.25, 0.3) is 0 Å². The third kappa shape index (κ3) is 2.48. The van der Waals surface area contributed by atoms with Crippen LogP contribution in [0.4, 0.5) is 0 Å². The van der Waals surface area contributed by atoms with E-state index in [0.29, 0.717) is 0 Å². The fourth-order valence-corrected chi connectivity index (χ4v) is 2.13. The number of H-pyrrole nitrogens is 1. The van der Waals surface area contributed by atoms with E-state index in [1.807, 2.05) is 6.07 Å². The Hall–Kier alpha value is -0.990. The van der Waals surface area contributed by atoms with Crippen molar-refractivity contribution in [1.29, 1.82) is 0 Å². The van der Waals surface area contributed by atoms with Gasteiger partial charge in [-0.15, -0.1) is 12.4 Å². The molecule has 3 N–H and O–H groups in total. The second-order valence-corrected chi connectivity index (χ2v) is 5.55. The molecule has 1 aromatic heterocycles. The molecule has 0 unspecified atom stereocenters. The molecule has 3 heteroatoms. The highest BCUT2D eigenvalue weighted by atomic mass is 35.5. The molecule has 1 atom stereocenters. The lowest BCUT2D eigenvalue weighted by molar-refractivity contribution is 0.327. The molecule has 17 heavy (non-hydrogen) atoms. The van der Waals surface area contributed by atoms with Crippen LogP contribution >= 0.6 is 12.4 Å². The van der Waals surface area contributed by atoms with Gasteiger partial charge in [-0.1, -0.05) is 39.0 Å². The zero-order valence-corrected chi connectivity index (χ0v) is 11.7. The Balaban J connectivity index is 0.00000144. The average molecular weight is 253 g/mol. The number of benzene rings is 1. The predicted molar refractivity (Wildman–Crippen MR) is 76.7 cm³/mol. The largest absolute Gasteiger partial charge is 0.358 e. The molecule has 0 radical (unpaired) electrons. The molecular weight excluding hydrogens is 232 g/mol. The van der Waals surface area contributed by atoms with Crippen molar-refractivity contribution < 1.29 is 0 Å². The second kappa shape index (κ2) is 4.71. The van der Waals surface area contributed by atoms with E-state index in [1.165, 1.54) is 22.2 Å². The summed E-state index contributed by atoms with van der Waals surface area (Å²) in [5.41, 5.74) is 10.1. The van der Waals surface area contributed by atoms with Crippen LogP contribution in [0.5, 0.6) is 0 Å². The van der Waals surface area contributed by atoms with Crippen LogP contribution in [0.15, 0.2) is 24.3 Å². The average Bonchev–Trinajstić information content (AvgIpc) is 2.51. The number of nitrogens with one attached hydrogen (secondary N) is 1. The van der Waals surface area contributed by atoms with Gasteiger partial charge in [0.1, 0.15) is 0 Å². The molecule has 2 aromatic rings. The number of nitrogens with two attached hydrogens (primary N) is 1. The van der Waals surface area contributed by atoms with Crippen molar-refractivity contribution in [3.05, 3.63) is 35.5 Å². The molecule has 2 rings (SSSR count). The Labute approximate surface area is 109 Å². The number of hydrogen-bond acceptors (Lipinski definition) is 1. The van der Waals surface area contributed by atoms with E-state index in [2.05, 4.69) is 50.9 Å². The normalized spacial score (nSPS) is 13.5. The van der Waals surface area contributed by atoms with E-state index >= 15 is 0 Å². The van der Waals surface area contributed by atoms with Crippen LogP contribution in [0.25, 0.3) is 10.9 Å². The molecule has 1 heterocycles. The van der Waals surface area contributed by atoms with Gasteiger partial charge in [-0.3, -0.25) is 0 Å². The van der Waals surface area contributed by atoms with Gasteiger partial charge < -0.3 is 10.7 Å². The highest BCUT2D eigenvalue weighted by molar-refractivity contribution is 5.85. The van der Waals surface area contributed by atoms with E-state index in [1.54, 1.807) is 0 Å². The molecule has 1 aromatic carbocycles. The third-order valence-corrected chi connectivity index (χ3v) is 3.19. The van der Waals surface area contributed by atoms with Crippen LogP contribution in [0.2, 0.25) is 0 Å². The van der Waals surface area contributed by atoms with E-state index in [4.69, 9.17) is 5.73 Å². The summed E-state index contributed by atoms with van der Waals surface area (Å²) in [5, 5.41) is 1.25. The number of para-hydroxylation sites is 1. The van der Waals surface area contributed by atoms with Gasteiger partial charge in [0.2, 0.25) is 0 Å². The summed E-state index contributed by atoms with van der Waals surface area (Å²) in [7, 11) is 0. The lowest BCUT2D eigenvalue weighted by Gasteiger charge is -2.27. The number of halogens is 1. The van der Waals surface area contributed by atoms with Crippen molar-refractivity contribution in [2.45, 2.75) is 33.7 Å². The maximum Gasteiger partial charge on any atom is 0.0459 e. The molecule has 0 fully saturated rings. The van der Waals surface area contributed by atoms with Gasteiger partial charge in [-0.2, -0.15) is 0 Å². The van der Waals surface area contributed by atoms with Gasteiger partial charge in [0.15, 0.2) is 0 Å². The quantitative estimate of drug-likeness (QED) is 0.793. The lowest BCUT2D eigenvalue weighted by atomic mass is 9.82. The molecule has 0 saturated heterocycles. The van der Waals surface area contributed by atoms with E-state index in [0.717, 1.165) is 0 Å². The Morgan fingerprint density at radius 1 is 1.18 bits per heavy atom. The van der Waals surface area contributed by atoms with Gasteiger partial charge >= 0.3 is 0 Å². The van der Waals surface area contributed by atoms with E-state index < -0.39 is 0 Å². The minimum absolute atomic E-state index is 0. The van der Waals surface area contributed by atoms with Crippen LogP contribution in [-0.4, -0.2) is 4.98 Å². The Bertz CT molecular complexity index is 508. The minimum Gasteiger partial charge on any atom is -0.358 e. The third-order valence-electron chi connectivity index (χ3n) is 3.19. The summed E-state index contributed by atoms with van der Waals surface area (Å²) < 4.78 is 0. The van der Waals surface area contributed by atoms with E-state index in [9.17, 15) is 0 Å². The summed E-state index contributed by atoms with van der Waals surface area (Å²) in [6.45, 7) is 8.64. The number of rotatable bonds is 1. The summed E-state index contributed by atoms with van der Waals surface area (Å²) in [5.74, 6) is 0. The van der Waals surface area contributed by atoms with Crippen LogP contribution in [0, 0.1) is 12.3 Å². The SMILES string of the molecule is Cc1[nH]c2ccccc2c1[C@H](N)C(C)(C)C.Cl. The fourth-order valence-electron chi connectivity index (χ4n) is 2.13. The van der Waals surface area contributed by atoms with Crippen molar-refractivity contribution in [3.8, 4) is 0 Å². The predicted octanol–water partition coefficient (Wildman–Crippen LogP) is 3.94. The van der Waals surface area contributed by atoms with Crippen molar-refractivity contribution in [3.63, 3.8) is 0 Å². The summed E-state index contributed by atoms with van der Waals surface area (Å²) in [4.78, 5) is 3.40. The van der Waals surface area contributed by atoms with Gasteiger partial charge in [-0.25, -0.2) is 0 Å².